The molecule has 0 aromatic carbocycles. The molecule has 0 bridgehead atoms. The van der Waals surface area contributed by atoms with Crippen LogP contribution < -0.4 is 5.32 Å². The summed E-state index contributed by atoms with van der Waals surface area (Å²) in [5, 5.41) is 4.53. The molecule has 0 amide bonds. The molecule has 4 heteroatoms. The van der Waals surface area contributed by atoms with Crippen molar-refractivity contribution in [3.63, 3.8) is 0 Å². The van der Waals surface area contributed by atoms with Gasteiger partial charge in [-0.05, 0) is 26.0 Å². The lowest BCUT2D eigenvalue weighted by atomic mass is 10.3. The van der Waals surface area contributed by atoms with Crippen LogP contribution in [0.25, 0.3) is 0 Å². The van der Waals surface area contributed by atoms with Crippen LogP contribution in [0.15, 0.2) is 17.1 Å². The number of rotatable bonds is 2. The van der Waals surface area contributed by atoms with E-state index in [1.807, 2.05) is 23.1 Å². The summed E-state index contributed by atoms with van der Waals surface area (Å²) in [6, 6.07) is 4.75. The van der Waals surface area contributed by atoms with Crippen molar-refractivity contribution >= 4 is 28.3 Å². The molecule has 2 nitrogen and oxygen atoms in total. The molecule has 1 aliphatic rings. The number of hydrogen-bond acceptors (Lipinski definition) is 4. The number of nitrogens with zero attached hydrogens (tertiary/aromatic N) is 1. The van der Waals surface area contributed by atoms with Crippen molar-refractivity contribution in [3.05, 3.63) is 21.9 Å². The molecule has 0 spiro atoms. The summed E-state index contributed by atoms with van der Waals surface area (Å²) >= 11 is 3.67. The fraction of sp³-hybridized carbons (Fsp3) is 0.500. The minimum absolute atomic E-state index is 0.387. The molecule has 2 heterocycles. The summed E-state index contributed by atoms with van der Waals surface area (Å²) < 4.78 is 0. The van der Waals surface area contributed by atoms with Crippen LogP contribution in [-0.2, 0) is 0 Å². The van der Waals surface area contributed by atoms with Gasteiger partial charge in [-0.25, -0.2) is 0 Å². The molecular formula is C10H14N2S2. The Morgan fingerprint density at radius 1 is 1.50 bits per heavy atom. The van der Waals surface area contributed by atoms with Gasteiger partial charge in [0.05, 0.1) is 12.6 Å². The van der Waals surface area contributed by atoms with Crippen LogP contribution in [0.2, 0.25) is 0 Å². The van der Waals surface area contributed by atoms with Gasteiger partial charge in [0.25, 0.3) is 0 Å². The number of aliphatic imine (C=N–C) groups is 1. The Kier molecular flexibility index (Phi) is 3.13. The number of thiophene rings is 1. The Hall–Kier alpha value is -0.480. The predicted octanol–water partition coefficient (Wildman–Crippen LogP) is 2.81. The second-order valence-corrected chi connectivity index (χ2v) is 5.75. The van der Waals surface area contributed by atoms with Crippen molar-refractivity contribution in [2.75, 3.05) is 12.3 Å². The van der Waals surface area contributed by atoms with Crippen LogP contribution in [0.1, 0.15) is 22.7 Å². The molecule has 0 radical (unpaired) electrons. The lowest BCUT2D eigenvalue weighted by Crippen LogP contribution is -2.22. The fourth-order valence-electron chi connectivity index (χ4n) is 1.36. The van der Waals surface area contributed by atoms with E-state index < -0.39 is 0 Å². The minimum atomic E-state index is 0.387. The van der Waals surface area contributed by atoms with Gasteiger partial charge in [-0.2, -0.15) is 0 Å². The van der Waals surface area contributed by atoms with E-state index in [1.165, 1.54) is 9.75 Å². The number of thioether (sulfide) groups is 1. The van der Waals surface area contributed by atoms with Crippen molar-refractivity contribution in [2.45, 2.75) is 19.9 Å². The Labute approximate surface area is 92.8 Å². The molecule has 14 heavy (non-hydrogen) atoms. The maximum Gasteiger partial charge on any atom is 0.157 e. The second kappa shape index (κ2) is 4.36. The van der Waals surface area contributed by atoms with Gasteiger partial charge in [0.2, 0.25) is 0 Å². The van der Waals surface area contributed by atoms with E-state index >= 15 is 0 Å². The normalized spacial score (nSPS) is 18.0. The molecule has 0 saturated heterocycles. The zero-order valence-corrected chi connectivity index (χ0v) is 10.0. The summed E-state index contributed by atoms with van der Waals surface area (Å²) in [4.78, 5) is 7.14. The molecule has 1 aromatic heterocycles. The molecule has 1 aliphatic heterocycles. The van der Waals surface area contributed by atoms with Crippen LogP contribution >= 0.6 is 23.1 Å². The molecule has 0 aliphatic carbocycles. The zero-order valence-electron chi connectivity index (χ0n) is 8.41. The van der Waals surface area contributed by atoms with E-state index in [9.17, 15) is 0 Å². The number of amidine groups is 1. The molecule has 1 aromatic rings. The Bertz CT molecular complexity index is 344. The fourth-order valence-corrected chi connectivity index (χ4v) is 3.06. The maximum absolute atomic E-state index is 4.38. The maximum atomic E-state index is 4.38. The van der Waals surface area contributed by atoms with Crippen molar-refractivity contribution in [2.24, 2.45) is 4.99 Å². The summed E-state index contributed by atoms with van der Waals surface area (Å²) in [5.41, 5.74) is 0. The highest BCUT2D eigenvalue weighted by Gasteiger charge is 2.12. The van der Waals surface area contributed by atoms with Gasteiger partial charge in [0.15, 0.2) is 5.17 Å². The first-order valence-corrected chi connectivity index (χ1v) is 6.56. The summed E-state index contributed by atoms with van der Waals surface area (Å²) in [6.45, 7) is 5.29. The summed E-state index contributed by atoms with van der Waals surface area (Å²) in [5.74, 6) is 1.12. The van der Waals surface area contributed by atoms with Gasteiger partial charge < -0.3 is 5.32 Å². The average Bonchev–Trinajstić information content (AvgIpc) is 2.75. The molecule has 76 valence electrons. The van der Waals surface area contributed by atoms with E-state index in [0.29, 0.717) is 6.04 Å². The molecule has 0 saturated carbocycles. The van der Waals surface area contributed by atoms with E-state index in [2.05, 4.69) is 36.3 Å². The van der Waals surface area contributed by atoms with E-state index in [4.69, 9.17) is 0 Å². The molecule has 1 unspecified atom stereocenters. The highest BCUT2D eigenvalue weighted by atomic mass is 32.2. The Morgan fingerprint density at radius 2 is 2.36 bits per heavy atom. The third-order valence-electron chi connectivity index (χ3n) is 2.11. The van der Waals surface area contributed by atoms with Crippen LogP contribution in [-0.4, -0.2) is 17.5 Å². The highest BCUT2D eigenvalue weighted by molar-refractivity contribution is 8.14. The van der Waals surface area contributed by atoms with Crippen molar-refractivity contribution in [3.8, 4) is 0 Å². The first-order chi connectivity index (χ1) is 6.75. The largest absolute Gasteiger partial charge is 0.358 e. The number of nitrogens with one attached hydrogen (secondary N) is 1. The standard InChI is InChI=1S/C10H14N2S2/c1-7-3-4-9(14-7)8(2)12-10-11-5-6-13-10/h3-4,8H,5-6H2,1-2H3,(H,11,12). The van der Waals surface area contributed by atoms with Crippen LogP contribution in [0.3, 0.4) is 0 Å². The van der Waals surface area contributed by atoms with Crippen LogP contribution in [0.5, 0.6) is 0 Å². The molecule has 2 rings (SSSR count). The quantitative estimate of drug-likeness (QED) is 0.838. The van der Waals surface area contributed by atoms with Gasteiger partial charge in [-0.3, -0.25) is 4.99 Å². The van der Waals surface area contributed by atoms with Crippen LogP contribution in [0.4, 0.5) is 0 Å². The van der Waals surface area contributed by atoms with E-state index in [1.54, 1.807) is 0 Å². The monoisotopic (exact) mass is 226 g/mol. The molecule has 1 atom stereocenters. The van der Waals surface area contributed by atoms with Crippen molar-refractivity contribution in [1.82, 2.24) is 5.32 Å². The van der Waals surface area contributed by atoms with Gasteiger partial charge in [-0.15, -0.1) is 11.3 Å². The van der Waals surface area contributed by atoms with E-state index in [0.717, 1.165) is 17.5 Å². The summed E-state index contributed by atoms with van der Waals surface area (Å²) in [7, 11) is 0. The average molecular weight is 226 g/mol. The predicted molar refractivity (Wildman–Crippen MR) is 65.4 cm³/mol. The van der Waals surface area contributed by atoms with Gasteiger partial charge in [0.1, 0.15) is 0 Å². The zero-order chi connectivity index (χ0) is 9.97. The van der Waals surface area contributed by atoms with Crippen LogP contribution in [0, 0.1) is 6.92 Å². The summed E-state index contributed by atoms with van der Waals surface area (Å²) in [6.07, 6.45) is 0. The number of hydrogen-bond donors (Lipinski definition) is 1. The lowest BCUT2D eigenvalue weighted by Gasteiger charge is -2.12. The smallest absolute Gasteiger partial charge is 0.157 e. The molecule has 1 N–H and O–H groups in total. The topological polar surface area (TPSA) is 24.4 Å². The van der Waals surface area contributed by atoms with Gasteiger partial charge in [-0.1, -0.05) is 11.8 Å². The van der Waals surface area contributed by atoms with Crippen molar-refractivity contribution in [1.29, 1.82) is 0 Å². The molecule has 0 fully saturated rings. The lowest BCUT2D eigenvalue weighted by molar-refractivity contribution is 0.738. The highest BCUT2D eigenvalue weighted by Crippen LogP contribution is 2.23. The van der Waals surface area contributed by atoms with Gasteiger partial charge >= 0.3 is 0 Å². The van der Waals surface area contributed by atoms with Gasteiger partial charge in [0, 0.05) is 15.5 Å². The first kappa shape index (κ1) is 10.1. The molecular weight excluding hydrogens is 212 g/mol. The minimum Gasteiger partial charge on any atom is -0.358 e. The first-order valence-electron chi connectivity index (χ1n) is 4.76. The third-order valence-corrected chi connectivity index (χ3v) is 4.20. The Balaban J connectivity index is 1.98. The van der Waals surface area contributed by atoms with E-state index in [-0.39, 0.29) is 0 Å². The SMILES string of the molecule is Cc1ccc(C(C)NC2=NCCS2)s1. The second-order valence-electron chi connectivity index (χ2n) is 3.35. The Morgan fingerprint density at radius 3 is 2.93 bits per heavy atom. The third kappa shape index (κ3) is 2.30. The number of aryl methyl sites for hydroxylation is 1. The van der Waals surface area contributed by atoms with Crippen molar-refractivity contribution < 1.29 is 0 Å².